The molecule has 2 aromatic carbocycles. The molecule has 3 aromatic rings. The maximum Gasteiger partial charge on any atom is 0.414 e. The van der Waals surface area contributed by atoms with Gasteiger partial charge < -0.3 is 19.4 Å². The van der Waals surface area contributed by atoms with Gasteiger partial charge in [-0.15, -0.1) is 0 Å². The van der Waals surface area contributed by atoms with E-state index >= 15 is 0 Å². The number of nitrogens with one attached hydrogen (secondary N) is 1. The van der Waals surface area contributed by atoms with Gasteiger partial charge in [0, 0.05) is 30.7 Å². The Labute approximate surface area is 231 Å². The van der Waals surface area contributed by atoms with Crippen molar-refractivity contribution in [2.45, 2.75) is 82.9 Å². The number of aryl methyl sites for hydroxylation is 1. The maximum absolute atomic E-state index is 12.7. The molecular weight excluding hydrogens is 488 g/mol. The minimum atomic E-state index is -0.298. The first-order valence-electron chi connectivity index (χ1n) is 14.9. The van der Waals surface area contributed by atoms with Gasteiger partial charge in [-0.05, 0) is 95.0 Å². The van der Waals surface area contributed by atoms with Crippen molar-refractivity contribution in [3.63, 3.8) is 0 Å². The molecule has 0 bridgehead atoms. The molecular formula is C32H42N4O3. The molecule has 1 aromatic heterocycles. The summed E-state index contributed by atoms with van der Waals surface area (Å²) in [7, 11) is 1.46. The summed E-state index contributed by atoms with van der Waals surface area (Å²) < 4.78 is 14.2. The second-order valence-electron chi connectivity index (χ2n) is 11.7. The molecule has 1 aliphatic carbocycles. The van der Waals surface area contributed by atoms with Gasteiger partial charge >= 0.3 is 6.09 Å². The first kappa shape index (κ1) is 26.3. The normalized spacial score (nSPS) is 24.1. The number of methoxy groups -OCH3 is 1. The van der Waals surface area contributed by atoms with Crippen LogP contribution in [0.15, 0.2) is 42.5 Å². The number of carbonyl (C=O) groups is 1. The molecule has 2 aliphatic heterocycles. The van der Waals surface area contributed by atoms with Gasteiger partial charge in [0.05, 0.1) is 29.9 Å². The van der Waals surface area contributed by atoms with E-state index in [0.717, 1.165) is 75.2 Å². The van der Waals surface area contributed by atoms with E-state index < -0.39 is 0 Å². The predicted octanol–water partition coefficient (Wildman–Crippen LogP) is 6.03. The van der Waals surface area contributed by atoms with Crippen molar-refractivity contribution >= 4 is 22.8 Å². The number of hydrogen-bond acceptors (Lipinski definition) is 5. The number of anilines is 1. The summed E-state index contributed by atoms with van der Waals surface area (Å²) in [6.07, 6.45) is 9.53. The summed E-state index contributed by atoms with van der Waals surface area (Å²) in [5.41, 5.74) is 5.59. The number of nitrogens with zero attached hydrogens (tertiary/aromatic N) is 3. The van der Waals surface area contributed by atoms with Crippen LogP contribution in [0.1, 0.15) is 74.9 Å². The third kappa shape index (κ3) is 5.44. The van der Waals surface area contributed by atoms with Gasteiger partial charge in [-0.3, -0.25) is 4.90 Å². The average molecular weight is 531 g/mol. The van der Waals surface area contributed by atoms with E-state index in [1.165, 1.54) is 43.0 Å². The Kier molecular flexibility index (Phi) is 7.89. The molecule has 1 amide bonds. The molecule has 6 rings (SSSR count). The first-order valence-corrected chi connectivity index (χ1v) is 14.9. The molecule has 0 radical (unpaired) electrons. The summed E-state index contributed by atoms with van der Waals surface area (Å²) in [6.45, 7) is 5.20. The van der Waals surface area contributed by atoms with Crippen LogP contribution in [0.25, 0.3) is 11.0 Å². The van der Waals surface area contributed by atoms with Gasteiger partial charge in [0.15, 0.2) is 0 Å². The second kappa shape index (κ2) is 11.7. The lowest BCUT2D eigenvalue weighted by Crippen LogP contribution is -2.42. The highest BCUT2D eigenvalue weighted by Gasteiger charge is 2.33. The van der Waals surface area contributed by atoms with E-state index in [1.54, 1.807) is 4.90 Å². The van der Waals surface area contributed by atoms with E-state index in [4.69, 9.17) is 14.5 Å². The van der Waals surface area contributed by atoms with Crippen LogP contribution in [0.2, 0.25) is 0 Å². The monoisotopic (exact) mass is 530 g/mol. The zero-order valence-corrected chi connectivity index (χ0v) is 23.4. The van der Waals surface area contributed by atoms with Crippen molar-refractivity contribution in [3.8, 4) is 0 Å². The smallest absolute Gasteiger partial charge is 0.414 e. The van der Waals surface area contributed by atoms with E-state index in [2.05, 4.69) is 59.3 Å². The summed E-state index contributed by atoms with van der Waals surface area (Å²) in [5, 5.41) is 3.46. The number of imidazole rings is 1. The van der Waals surface area contributed by atoms with E-state index in [-0.39, 0.29) is 12.1 Å². The van der Waals surface area contributed by atoms with Crippen molar-refractivity contribution in [1.29, 1.82) is 0 Å². The Bertz CT molecular complexity index is 1280. The molecule has 2 fully saturated rings. The van der Waals surface area contributed by atoms with E-state index in [0.29, 0.717) is 18.1 Å². The van der Waals surface area contributed by atoms with Crippen LogP contribution < -0.4 is 10.2 Å². The zero-order valence-electron chi connectivity index (χ0n) is 23.4. The lowest BCUT2D eigenvalue weighted by molar-refractivity contribution is -0.00802. The maximum atomic E-state index is 12.7. The fraction of sp³-hybridized carbons (Fsp3) is 0.562. The molecule has 208 valence electrons. The molecule has 7 nitrogen and oxygen atoms in total. The van der Waals surface area contributed by atoms with Crippen LogP contribution in [-0.2, 0) is 22.3 Å². The third-order valence-electron chi connectivity index (χ3n) is 9.09. The highest BCUT2D eigenvalue weighted by molar-refractivity contribution is 5.95. The molecule has 3 aliphatic rings. The number of hydrogen-bond donors (Lipinski definition) is 1. The number of aromatic nitrogens is 2. The van der Waals surface area contributed by atoms with Gasteiger partial charge in [0.2, 0.25) is 0 Å². The first-order chi connectivity index (χ1) is 19.1. The fourth-order valence-electron chi connectivity index (χ4n) is 6.96. The topological polar surface area (TPSA) is 68.6 Å². The van der Waals surface area contributed by atoms with E-state index in [1.807, 2.05) is 0 Å². The summed E-state index contributed by atoms with van der Waals surface area (Å²) >= 11 is 0. The van der Waals surface area contributed by atoms with Crippen molar-refractivity contribution in [1.82, 2.24) is 14.9 Å². The van der Waals surface area contributed by atoms with Crippen molar-refractivity contribution in [2.75, 3.05) is 31.7 Å². The highest BCUT2D eigenvalue weighted by atomic mass is 16.5. The van der Waals surface area contributed by atoms with Crippen LogP contribution in [-0.4, -0.2) is 54.6 Å². The second-order valence-corrected chi connectivity index (χ2v) is 11.7. The Morgan fingerprint density at radius 2 is 1.87 bits per heavy atom. The molecule has 0 spiro atoms. The minimum Gasteiger partial charge on any atom is -0.452 e. The quantitative estimate of drug-likeness (QED) is 0.421. The molecule has 39 heavy (non-hydrogen) atoms. The molecule has 0 unspecified atom stereocenters. The number of piperidine rings is 1. The number of fused-ring (bicyclic) bond motifs is 3. The molecule has 1 saturated heterocycles. The zero-order chi connectivity index (χ0) is 26.8. The average Bonchev–Trinajstić information content (AvgIpc) is 3.35. The molecule has 7 heteroatoms. The molecule has 1 saturated carbocycles. The lowest BCUT2D eigenvalue weighted by atomic mass is 9.91. The summed E-state index contributed by atoms with van der Waals surface area (Å²) in [4.78, 5) is 19.8. The van der Waals surface area contributed by atoms with Crippen molar-refractivity contribution in [2.24, 2.45) is 5.92 Å². The minimum absolute atomic E-state index is 0.101. The van der Waals surface area contributed by atoms with Crippen molar-refractivity contribution in [3.05, 3.63) is 59.4 Å². The number of ether oxygens (including phenoxy) is 2. The standard InChI is InChI=1S/C32H42N4O3/c1-22-11-12-27-28(35(22)32(37)38-2)13-14-29-31(27)34-30(19-23-7-4-3-5-8-23)36(29)25-9-6-10-26(20-25)39-21-24-15-17-33-18-16-24/h3-5,7-8,13-14,22,24-26,33H,6,9-12,15-21H2,1-2H3/t22-,25+,26+/m0/s1. The summed E-state index contributed by atoms with van der Waals surface area (Å²) in [5.74, 6) is 1.79. The lowest BCUT2D eigenvalue weighted by Gasteiger charge is -2.34. The SMILES string of the molecule is COC(=O)N1c2ccc3c(nc(Cc4ccccc4)n3[C@@H]3CCC[C@@H](OCC4CCNCC4)C3)c2CC[C@@H]1C. The number of benzene rings is 2. The fourth-order valence-corrected chi connectivity index (χ4v) is 6.96. The van der Waals surface area contributed by atoms with Gasteiger partial charge in [-0.1, -0.05) is 30.3 Å². The summed E-state index contributed by atoms with van der Waals surface area (Å²) in [6, 6.07) is 15.4. The van der Waals surface area contributed by atoms with Gasteiger partial charge in [-0.2, -0.15) is 0 Å². The molecule has 3 heterocycles. The predicted molar refractivity (Wildman–Crippen MR) is 154 cm³/mol. The largest absolute Gasteiger partial charge is 0.452 e. The van der Waals surface area contributed by atoms with Crippen molar-refractivity contribution < 1.29 is 14.3 Å². The van der Waals surface area contributed by atoms with Gasteiger partial charge in [0.1, 0.15) is 5.82 Å². The Morgan fingerprint density at radius 3 is 2.67 bits per heavy atom. The third-order valence-corrected chi connectivity index (χ3v) is 9.09. The van der Waals surface area contributed by atoms with E-state index in [9.17, 15) is 4.79 Å². The highest BCUT2D eigenvalue weighted by Crippen LogP contribution is 2.40. The number of carbonyl (C=O) groups excluding carboxylic acids is 1. The van der Waals surface area contributed by atoms with Crippen LogP contribution >= 0.6 is 0 Å². The number of rotatable bonds is 6. The van der Waals surface area contributed by atoms with Crippen LogP contribution in [0.4, 0.5) is 10.5 Å². The van der Waals surface area contributed by atoms with Gasteiger partial charge in [0.25, 0.3) is 0 Å². The van der Waals surface area contributed by atoms with Crippen LogP contribution in [0, 0.1) is 5.92 Å². The van der Waals surface area contributed by atoms with Crippen LogP contribution in [0.3, 0.4) is 0 Å². The molecule has 1 N–H and O–H groups in total. The Balaban J connectivity index is 1.34. The Morgan fingerprint density at radius 1 is 1.05 bits per heavy atom. The van der Waals surface area contributed by atoms with Gasteiger partial charge in [-0.25, -0.2) is 9.78 Å². The molecule has 3 atom stereocenters. The van der Waals surface area contributed by atoms with Crippen LogP contribution in [0.5, 0.6) is 0 Å². The number of amides is 1. The Hall–Kier alpha value is -2.90.